The van der Waals surface area contributed by atoms with Crippen molar-refractivity contribution < 1.29 is 24.5 Å². The molecule has 0 heterocycles. The second kappa shape index (κ2) is 10.4. The lowest BCUT2D eigenvalue weighted by Gasteiger charge is -2.05. The Morgan fingerprint density at radius 2 is 1.40 bits per heavy atom. The highest BCUT2D eigenvalue weighted by Crippen LogP contribution is 2.19. The summed E-state index contributed by atoms with van der Waals surface area (Å²) < 4.78 is 10.2. The van der Waals surface area contributed by atoms with Crippen LogP contribution >= 0.6 is 0 Å². The molecule has 0 aromatic heterocycles. The predicted octanol–water partition coefficient (Wildman–Crippen LogP) is 3.17. The molecule has 0 saturated carbocycles. The number of aliphatic hydroxyl groups is 1. The first kappa shape index (κ1) is 20.5. The molecular weight excluding hydrogens is 320 g/mol. The molecule has 2 rings (SSSR count). The number of carboxylic acids is 1. The van der Waals surface area contributed by atoms with Gasteiger partial charge in [-0.25, -0.2) is 0 Å². The van der Waals surface area contributed by atoms with Crippen molar-refractivity contribution in [2.75, 3.05) is 20.8 Å². The van der Waals surface area contributed by atoms with Crippen molar-refractivity contribution in [2.24, 2.45) is 0 Å². The number of carboxylic acid groups (broad SMARTS) is 1. The van der Waals surface area contributed by atoms with Gasteiger partial charge in [-0.1, -0.05) is 24.3 Å². The zero-order valence-electron chi connectivity index (χ0n) is 15.2. The molecule has 136 valence electrons. The molecule has 0 radical (unpaired) electrons. The van der Waals surface area contributed by atoms with Crippen molar-refractivity contribution in [3.8, 4) is 11.5 Å². The number of aliphatic carboxylic acids is 1. The summed E-state index contributed by atoms with van der Waals surface area (Å²) in [5.74, 6) is 0.871. The topological polar surface area (TPSA) is 76.0 Å². The molecule has 0 unspecified atom stereocenters. The van der Waals surface area contributed by atoms with Gasteiger partial charge in [-0.15, -0.1) is 0 Å². The Balaban J connectivity index is 0.000000251. The fourth-order valence-electron chi connectivity index (χ4n) is 2.45. The highest BCUT2D eigenvalue weighted by Gasteiger charge is 2.03. The lowest BCUT2D eigenvalue weighted by atomic mass is 10.1. The lowest BCUT2D eigenvalue weighted by Crippen LogP contribution is -2.00. The van der Waals surface area contributed by atoms with E-state index in [0.717, 1.165) is 33.8 Å². The fraction of sp³-hybridized carbons (Fsp3) is 0.350. The van der Waals surface area contributed by atoms with Gasteiger partial charge in [-0.2, -0.15) is 0 Å². The van der Waals surface area contributed by atoms with E-state index >= 15 is 0 Å². The standard InChI is InChI=1S/C10H12O3.C10H14O2/c1-7-5-8(6-10(11)12)3-4-9(7)13-2;1-8-7-9(5-6-11)3-4-10(8)12-2/h3-5H,6H2,1-2H3,(H,11,12);3-4,7,11H,5-6H2,1-2H3. The first-order chi connectivity index (χ1) is 11.9. The zero-order valence-corrected chi connectivity index (χ0v) is 15.2. The van der Waals surface area contributed by atoms with E-state index in [9.17, 15) is 4.79 Å². The zero-order chi connectivity index (χ0) is 18.8. The fourth-order valence-corrected chi connectivity index (χ4v) is 2.45. The van der Waals surface area contributed by atoms with E-state index in [4.69, 9.17) is 19.7 Å². The van der Waals surface area contributed by atoms with Gasteiger partial charge in [-0.3, -0.25) is 4.79 Å². The molecule has 5 nitrogen and oxygen atoms in total. The third-order valence-corrected chi connectivity index (χ3v) is 3.67. The number of rotatable bonds is 6. The summed E-state index contributed by atoms with van der Waals surface area (Å²) in [4.78, 5) is 10.4. The number of hydrogen-bond acceptors (Lipinski definition) is 4. The van der Waals surface area contributed by atoms with Crippen LogP contribution in [0.5, 0.6) is 11.5 Å². The Kier molecular flexibility index (Phi) is 8.50. The van der Waals surface area contributed by atoms with Gasteiger partial charge in [0.15, 0.2) is 0 Å². The van der Waals surface area contributed by atoms with E-state index in [1.165, 1.54) is 0 Å². The van der Waals surface area contributed by atoms with Gasteiger partial charge in [0.25, 0.3) is 0 Å². The summed E-state index contributed by atoms with van der Waals surface area (Å²) in [6.07, 6.45) is 0.773. The van der Waals surface area contributed by atoms with Crippen molar-refractivity contribution in [3.63, 3.8) is 0 Å². The van der Waals surface area contributed by atoms with Crippen LogP contribution in [0.15, 0.2) is 36.4 Å². The highest BCUT2D eigenvalue weighted by atomic mass is 16.5. The summed E-state index contributed by atoms with van der Waals surface area (Å²) in [7, 11) is 3.26. The minimum atomic E-state index is -0.815. The van der Waals surface area contributed by atoms with E-state index < -0.39 is 5.97 Å². The Bertz CT molecular complexity index is 694. The number of aryl methyl sites for hydroxylation is 2. The second-order valence-electron chi connectivity index (χ2n) is 5.65. The number of benzene rings is 2. The molecule has 0 spiro atoms. The number of carbonyl (C=O) groups is 1. The van der Waals surface area contributed by atoms with Crippen LogP contribution in [0, 0.1) is 13.8 Å². The summed E-state index contributed by atoms with van der Waals surface area (Å²) in [5, 5.41) is 17.3. The van der Waals surface area contributed by atoms with Crippen molar-refractivity contribution in [1.29, 1.82) is 0 Å². The highest BCUT2D eigenvalue weighted by molar-refractivity contribution is 5.70. The van der Waals surface area contributed by atoms with E-state index in [1.807, 2.05) is 38.1 Å². The maximum absolute atomic E-state index is 10.4. The van der Waals surface area contributed by atoms with E-state index in [0.29, 0.717) is 6.42 Å². The molecular formula is C20H26O5. The van der Waals surface area contributed by atoms with Gasteiger partial charge in [0.2, 0.25) is 0 Å². The van der Waals surface area contributed by atoms with Crippen LogP contribution in [-0.4, -0.2) is 37.0 Å². The molecule has 5 heteroatoms. The third-order valence-electron chi connectivity index (χ3n) is 3.67. The molecule has 2 aromatic rings. The summed E-state index contributed by atoms with van der Waals surface area (Å²) >= 11 is 0. The average Bonchev–Trinajstić information content (AvgIpc) is 2.55. The van der Waals surface area contributed by atoms with Gasteiger partial charge in [0, 0.05) is 6.61 Å². The van der Waals surface area contributed by atoms with Crippen molar-refractivity contribution >= 4 is 5.97 Å². The Morgan fingerprint density at radius 1 is 0.920 bits per heavy atom. The molecule has 0 bridgehead atoms. The minimum Gasteiger partial charge on any atom is -0.496 e. The quantitative estimate of drug-likeness (QED) is 0.840. The molecule has 0 aliphatic carbocycles. The van der Waals surface area contributed by atoms with Crippen LogP contribution in [0.25, 0.3) is 0 Å². The third kappa shape index (κ3) is 6.85. The van der Waals surface area contributed by atoms with E-state index in [-0.39, 0.29) is 13.0 Å². The van der Waals surface area contributed by atoms with Gasteiger partial charge in [0.05, 0.1) is 20.6 Å². The van der Waals surface area contributed by atoms with Gasteiger partial charge in [0.1, 0.15) is 11.5 Å². The molecule has 25 heavy (non-hydrogen) atoms. The number of hydrogen-bond donors (Lipinski definition) is 2. The normalized spacial score (nSPS) is 9.80. The molecule has 2 aromatic carbocycles. The van der Waals surface area contributed by atoms with Crippen molar-refractivity contribution in [3.05, 3.63) is 58.7 Å². The summed E-state index contributed by atoms with van der Waals surface area (Å²) in [6.45, 7) is 4.09. The van der Waals surface area contributed by atoms with Crippen LogP contribution in [0.2, 0.25) is 0 Å². The summed E-state index contributed by atoms with van der Waals surface area (Å²) in [5.41, 5.74) is 4.02. The van der Waals surface area contributed by atoms with E-state index in [2.05, 4.69) is 0 Å². The molecule has 0 atom stereocenters. The van der Waals surface area contributed by atoms with Crippen LogP contribution in [0.3, 0.4) is 0 Å². The first-order valence-corrected chi connectivity index (χ1v) is 8.01. The minimum absolute atomic E-state index is 0.0604. The maximum atomic E-state index is 10.4. The second-order valence-corrected chi connectivity index (χ2v) is 5.65. The molecule has 0 fully saturated rings. The van der Waals surface area contributed by atoms with Gasteiger partial charge >= 0.3 is 5.97 Å². The Labute approximate surface area is 148 Å². The number of ether oxygens (including phenoxy) is 2. The van der Waals surface area contributed by atoms with Crippen LogP contribution in [0.4, 0.5) is 0 Å². The van der Waals surface area contributed by atoms with Crippen molar-refractivity contribution in [1.82, 2.24) is 0 Å². The largest absolute Gasteiger partial charge is 0.496 e. The molecule has 2 N–H and O–H groups in total. The lowest BCUT2D eigenvalue weighted by molar-refractivity contribution is -0.136. The van der Waals surface area contributed by atoms with Gasteiger partial charge in [-0.05, 0) is 54.7 Å². The molecule has 0 amide bonds. The Morgan fingerprint density at radius 3 is 1.80 bits per heavy atom. The number of methoxy groups -OCH3 is 2. The van der Waals surface area contributed by atoms with Crippen LogP contribution < -0.4 is 9.47 Å². The van der Waals surface area contributed by atoms with Crippen LogP contribution in [-0.2, 0) is 17.6 Å². The smallest absolute Gasteiger partial charge is 0.307 e. The average molecular weight is 346 g/mol. The van der Waals surface area contributed by atoms with Crippen LogP contribution in [0.1, 0.15) is 22.3 Å². The van der Waals surface area contributed by atoms with E-state index in [1.54, 1.807) is 26.4 Å². The Hall–Kier alpha value is -2.53. The predicted molar refractivity (Wildman–Crippen MR) is 97.6 cm³/mol. The van der Waals surface area contributed by atoms with Crippen molar-refractivity contribution in [2.45, 2.75) is 26.7 Å². The molecule has 0 aliphatic heterocycles. The SMILES string of the molecule is COc1ccc(CC(=O)O)cc1C.COc1ccc(CCO)cc1C. The summed E-state index contributed by atoms with van der Waals surface area (Å²) in [6, 6.07) is 11.3. The first-order valence-electron chi connectivity index (χ1n) is 8.01. The van der Waals surface area contributed by atoms with Gasteiger partial charge < -0.3 is 19.7 Å². The maximum Gasteiger partial charge on any atom is 0.307 e. The molecule has 0 aliphatic rings. The molecule has 0 saturated heterocycles. The number of aliphatic hydroxyl groups excluding tert-OH is 1. The monoisotopic (exact) mass is 346 g/mol.